The lowest BCUT2D eigenvalue weighted by Gasteiger charge is -2.34. The molecule has 120 valence electrons. The summed E-state index contributed by atoms with van der Waals surface area (Å²) in [5.41, 5.74) is 0. The van der Waals surface area contributed by atoms with E-state index in [1.807, 2.05) is 0 Å². The molecule has 2 aliphatic carbocycles. The van der Waals surface area contributed by atoms with Crippen molar-refractivity contribution in [3.05, 3.63) is 0 Å². The number of rotatable bonds is 6. The Balaban J connectivity index is 1.53. The summed E-state index contributed by atoms with van der Waals surface area (Å²) in [4.78, 5) is 15.0. The minimum atomic E-state index is 0.0417. The number of amides is 1. The summed E-state index contributed by atoms with van der Waals surface area (Å²) in [6.45, 7) is 5.49. The minimum absolute atomic E-state index is 0.0417. The van der Waals surface area contributed by atoms with Crippen molar-refractivity contribution in [1.29, 1.82) is 0 Å². The van der Waals surface area contributed by atoms with E-state index >= 15 is 0 Å². The molecule has 3 rings (SSSR count). The standard InChI is InChI=1S/C17H31N3O/c1-13(17(21)19-15-6-2-3-7-15)20(16-8-9-16)12-14-5-4-10-18-11-14/h13-16,18H,2-12H2,1H3,(H,19,21). The van der Waals surface area contributed by atoms with Crippen LogP contribution in [0.15, 0.2) is 0 Å². The number of hydrogen-bond acceptors (Lipinski definition) is 3. The van der Waals surface area contributed by atoms with Gasteiger partial charge in [0.15, 0.2) is 0 Å². The first-order valence-corrected chi connectivity index (χ1v) is 9.01. The van der Waals surface area contributed by atoms with E-state index in [1.54, 1.807) is 0 Å². The molecule has 3 fully saturated rings. The molecule has 1 heterocycles. The van der Waals surface area contributed by atoms with Crippen LogP contribution >= 0.6 is 0 Å². The van der Waals surface area contributed by atoms with Gasteiger partial charge < -0.3 is 10.6 Å². The van der Waals surface area contributed by atoms with Crippen LogP contribution in [0.4, 0.5) is 0 Å². The molecule has 1 amide bonds. The number of hydrogen-bond donors (Lipinski definition) is 2. The van der Waals surface area contributed by atoms with Gasteiger partial charge in [-0.15, -0.1) is 0 Å². The van der Waals surface area contributed by atoms with E-state index in [-0.39, 0.29) is 11.9 Å². The molecule has 1 saturated heterocycles. The van der Waals surface area contributed by atoms with Gasteiger partial charge in [0.1, 0.15) is 0 Å². The first-order chi connectivity index (χ1) is 10.2. The van der Waals surface area contributed by atoms with Crippen LogP contribution in [0.2, 0.25) is 0 Å². The highest BCUT2D eigenvalue weighted by Crippen LogP contribution is 2.30. The topological polar surface area (TPSA) is 44.4 Å². The second-order valence-corrected chi connectivity index (χ2v) is 7.31. The van der Waals surface area contributed by atoms with Crippen molar-refractivity contribution in [3.8, 4) is 0 Å². The fourth-order valence-corrected chi connectivity index (χ4v) is 3.95. The molecule has 1 aliphatic heterocycles. The van der Waals surface area contributed by atoms with Gasteiger partial charge in [0.25, 0.3) is 0 Å². The zero-order valence-electron chi connectivity index (χ0n) is 13.4. The van der Waals surface area contributed by atoms with Crippen molar-refractivity contribution in [3.63, 3.8) is 0 Å². The fraction of sp³-hybridized carbons (Fsp3) is 0.941. The molecule has 4 heteroatoms. The largest absolute Gasteiger partial charge is 0.352 e. The molecule has 0 aromatic heterocycles. The summed E-state index contributed by atoms with van der Waals surface area (Å²) in [7, 11) is 0. The minimum Gasteiger partial charge on any atom is -0.352 e. The maximum atomic E-state index is 12.5. The number of carbonyl (C=O) groups excluding carboxylic acids is 1. The number of piperidine rings is 1. The van der Waals surface area contributed by atoms with E-state index in [2.05, 4.69) is 22.5 Å². The van der Waals surface area contributed by atoms with E-state index in [1.165, 1.54) is 51.4 Å². The van der Waals surface area contributed by atoms with Crippen LogP contribution in [-0.2, 0) is 4.79 Å². The Bertz CT molecular complexity index is 344. The fourth-order valence-electron chi connectivity index (χ4n) is 3.95. The van der Waals surface area contributed by atoms with Gasteiger partial charge >= 0.3 is 0 Å². The van der Waals surface area contributed by atoms with E-state index in [0.717, 1.165) is 25.6 Å². The summed E-state index contributed by atoms with van der Waals surface area (Å²) in [6.07, 6.45) is 10.1. The smallest absolute Gasteiger partial charge is 0.237 e. The zero-order chi connectivity index (χ0) is 14.7. The Morgan fingerprint density at radius 2 is 1.95 bits per heavy atom. The van der Waals surface area contributed by atoms with Crippen LogP contribution in [0, 0.1) is 5.92 Å². The van der Waals surface area contributed by atoms with Crippen molar-refractivity contribution in [2.75, 3.05) is 19.6 Å². The maximum Gasteiger partial charge on any atom is 0.237 e. The number of carbonyl (C=O) groups is 1. The van der Waals surface area contributed by atoms with Crippen LogP contribution in [0.25, 0.3) is 0 Å². The highest BCUT2D eigenvalue weighted by Gasteiger charge is 2.36. The zero-order valence-corrected chi connectivity index (χ0v) is 13.4. The highest BCUT2D eigenvalue weighted by atomic mass is 16.2. The second kappa shape index (κ2) is 7.10. The van der Waals surface area contributed by atoms with E-state index < -0.39 is 0 Å². The van der Waals surface area contributed by atoms with Crippen molar-refractivity contribution < 1.29 is 4.79 Å². The molecule has 2 unspecified atom stereocenters. The van der Waals surface area contributed by atoms with Gasteiger partial charge in [0.2, 0.25) is 5.91 Å². The SMILES string of the molecule is CC(C(=O)NC1CCCC1)N(CC1CCCNC1)C1CC1. The van der Waals surface area contributed by atoms with Gasteiger partial charge in [-0.25, -0.2) is 0 Å². The number of nitrogens with one attached hydrogen (secondary N) is 2. The maximum absolute atomic E-state index is 12.5. The Hall–Kier alpha value is -0.610. The van der Waals surface area contributed by atoms with Gasteiger partial charge in [-0.1, -0.05) is 12.8 Å². The summed E-state index contributed by atoms with van der Waals surface area (Å²) in [5.74, 6) is 0.985. The normalized spacial score (nSPS) is 28.8. The average Bonchev–Trinajstić information content (AvgIpc) is 3.22. The lowest BCUT2D eigenvalue weighted by molar-refractivity contribution is -0.127. The third-order valence-electron chi connectivity index (χ3n) is 5.46. The van der Waals surface area contributed by atoms with Crippen molar-refractivity contribution in [1.82, 2.24) is 15.5 Å². The first-order valence-electron chi connectivity index (χ1n) is 9.01. The second-order valence-electron chi connectivity index (χ2n) is 7.31. The van der Waals surface area contributed by atoms with Crippen molar-refractivity contribution >= 4 is 5.91 Å². The molecule has 0 aromatic rings. The van der Waals surface area contributed by atoms with E-state index in [9.17, 15) is 4.79 Å². The van der Waals surface area contributed by atoms with Gasteiger partial charge in [0, 0.05) is 18.6 Å². The Kier molecular flexibility index (Phi) is 5.17. The molecule has 0 radical (unpaired) electrons. The molecule has 21 heavy (non-hydrogen) atoms. The van der Waals surface area contributed by atoms with Crippen LogP contribution in [0.5, 0.6) is 0 Å². The molecule has 2 atom stereocenters. The van der Waals surface area contributed by atoms with Crippen molar-refractivity contribution in [2.24, 2.45) is 5.92 Å². The van der Waals surface area contributed by atoms with Gasteiger partial charge in [-0.3, -0.25) is 9.69 Å². The van der Waals surface area contributed by atoms with E-state index in [0.29, 0.717) is 12.1 Å². The molecule has 3 aliphatic rings. The summed E-state index contributed by atoms with van der Waals surface area (Å²) in [6, 6.07) is 1.15. The predicted octanol–water partition coefficient (Wildman–Crippen LogP) is 1.90. The molecule has 2 saturated carbocycles. The highest BCUT2D eigenvalue weighted by molar-refractivity contribution is 5.81. The van der Waals surface area contributed by atoms with Gasteiger partial charge in [0.05, 0.1) is 6.04 Å². The van der Waals surface area contributed by atoms with E-state index in [4.69, 9.17) is 0 Å². The lowest BCUT2D eigenvalue weighted by Crippen LogP contribution is -2.51. The third-order valence-corrected chi connectivity index (χ3v) is 5.46. The van der Waals surface area contributed by atoms with Crippen LogP contribution < -0.4 is 10.6 Å². The molecule has 0 spiro atoms. The average molecular weight is 293 g/mol. The van der Waals surface area contributed by atoms with Crippen LogP contribution in [-0.4, -0.2) is 48.6 Å². The van der Waals surface area contributed by atoms with Crippen LogP contribution in [0.1, 0.15) is 58.3 Å². The van der Waals surface area contributed by atoms with Crippen molar-refractivity contribution in [2.45, 2.75) is 76.4 Å². The Morgan fingerprint density at radius 1 is 1.19 bits per heavy atom. The molecular formula is C17H31N3O. The summed E-state index contributed by atoms with van der Waals surface area (Å²) >= 11 is 0. The summed E-state index contributed by atoms with van der Waals surface area (Å²) < 4.78 is 0. The first kappa shape index (κ1) is 15.3. The summed E-state index contributed by atoms with van der Waals surface area (Å²) in [5, 5.41) is 6.78. The predicted molar refractivity (Wildman–Crippen MR) is 85.2 cm³/mol. The molecule has 2 N–H and O–H groups in total. The Labute approximate surface area is 129 Å². The van der Waals surface area contributed by atoms with Crippen LogP contribution in [0.3, 0.4) is 0 Å². The molecule has 0 bridgehead atoms. The van der Waals surface area contributed by atoms with Gasteiger partial charge in [-0.05, 0) is 64.5 Å². The molecule has 0 aromatic carbocycles. The Morgan fingerprint density at radius 3 is 2.57 bits per heavy atom. The van der Waals surface area contributed by atoms with Gasteiger partial charge in [-0.2, -0.15) is 0 Å². The third kappa shape index (κ3) is 4.19. The molecular weight excluding hydrogens is 262 g/mol. The monoisotopic (exact) mass is 293 g/mol. The lowest BCUT2D eigenvalue weighted by atomic mass is 9.98. The number of nitrogens with zero attached hydrogens (tertiary/aromatic N) is 1. The quantitative estimate of drug-likeness (QED) is 0.786. The molecule has 4 nitrogen and oxygen atoms in total.